The molecule has 16 heteroatoms. The highest BCUT2D eigenvalue weighted by atomic mass is 19.1. The lowest BCUT2D eigenvalue weighted by molar-refractivity contribution is 0.512. The molecule has 6 heterocycles. The van der Waals surface area contributed by atoms with E-state index in [9.17, 15) is 18.4 Å². The summed E-state index contributed by atoms with van der Waals surface area (Å²) in [6.07, 6.45) is 5.89. The second kappa shape index (κ2) is 16.1. The van der Waals surface area contributed by atoms with E-state index in [1.807, 2.05) is 76.2 Å². The minimum Gasteiger partial charge on any atom is -0.458 e. The maximum atomic E-state index is 14.6. The van der Waals surface area contributed by atoms with E-state index in [1.54, 1.807) is 12.1 Å². The highest BCUT2D eigenvalue weighted by molar-refractivity contribution is 5.87. The third-order valence-corrected chi connectivity index (χ3v) is 10.6. The first-order chi connectivity index (χ1) is 30.1. The van der Waals surface area contributed by atoms with Gasteiger partial charge in [-0.2, -0.15) is 0 Å². The molecule has 2 atom stereocenters. The molecular formula is C46H36F2N10O4. The molecule has 0 fully saturated rings. The van der Waals surface area contributed by atoms with Gasteiger partial charge in [-0.3, -0.25) is 9.59 Å². The Morgan fingerprint density at radius 3 is 1.39 bits per heavy atom. The van der Waals surface area contributed by atoms with Gasteiger partial charge in [0.2, 0.25) is 10.9 Å². The van der Waals surface area contributed by atoms with E-state index in [4.69, 9.17) is 8.83 Å². The molecule has 10 rings (SSSR count). The van der Waals surface area contributed by atoms with Gasteiger partial charge < -0.3 is 29.4 Å². The fourth-order valence-electron chi connectivity index (χ4n) is 7.55. The molecule has 0 radical (unpaired) electrons. The summed E-state index contributed by atoms with van der Waals surface area (Å²) in [5.74, 6) is 0.610. The summed E-state index contributed by atoms with van der Waals surface area (Å²) in [5, 5.41) is 6.43. The van der Waals surface area contributed by atoms with Gasteiger partial charge >= 0.3 is 0 Å². The summed E-state index contributed by atoms with van der Waals surface area (Å²) in [6.45, 7) is 7.52. The van der Waals surface area contributed by atoms with Crippen LogP contribution in [0.25, 0.3) is 66.5 Å². The molecule has 4 N–H and O–H groups in total. The molecule has 14 nitrogen and oxygen atoms in total. The maximum absolute atomic E-state index is 14.6. The summed E-state index contributed by atoms with van der Waals surface area (Å²) >= 11 is 0. The Labute approximate surface area is 350 Å². The lowest BCUT2D eigenvalue weighted by Gasteiger charge is -2.19. The van der Waals surface area contributed by atoms with E-state index >= 15 is 0 Å². The lowest BCUT2D eigenvalue weighted by Crippen LogP contribution is -2.17. The SMILES string of the molecule is Cc1ccccc1-c1c(C(C)Nc2ncnc3nc[nH]c23)oc2cccc(F)c2c1=O.Cc1ccccc1-c1c(C(C)Nc2ncnc3nc[nH]c23)oc2cccc(F)c2c1=O. The molecule has 4 aromatic carbocycles. The van der Waals surface area contributed by atoms with Crippen molar-refractivity contribution in [2.75, 3.05) is 10.6 Å². The minimum absolute atomic E-state index is 0.0605. The second-order valence-electron chi connectivity index (χ2n) is 14.6. The zero-order valence-corrected chi connectivity index (χ0v) is 33.6. The standard InChI is InChI=1S/2C23H18FN5O2/c2*1-12-6-3-4-7-14(12)17-20(30)18-15(24)8-5-9-16(18)31-21(17)13(2)29-23-19-22(26-10-25-19)27-11-28-23/h2*3-11,13H,1-2H3,(H2,25,26,27,28,29). The van der Waals surface area contributed by atoms with Crippen molar-refractivity contribution < 1.29 is 17.6 Å². The molecule has 0 saturated carbocycles. The summed E-state index contributed by atoms with van der Waals surface area (Å²) in [7, 11) is 0. The summed E-state index contributed by atoms with van der Waals surface area (Å²) in [5.41, 5.74) is 5.70. The van der Waals surface area contributed by atoms with Gasteiger partial charge in [0.25, 0.3) is 0 Å². The number of aryl methyl sites for hydroxylation is 2. The number of benzene rings is 4. The highest BCUT2D eigenvalue weighted by Gasteiger charge is 2.26. The predicted molar refractivity (Wildman–Crippen MR) is 233 cm³/mol. The first-order valence-corrected chi connectivity index (χ1v) is 19.5. The molecular weight excluding hydrogens is 795 g/mol. The number of hydrogen-bond acceptors (Lipinski definition) is 12. The van der Waals surface area contributed by atoms with Crippen molar-refractivity contribution in [2.45, 2.75) is 39.8 Å². The van der Waals surface area contributed by atoms with E-state index in [2.05, 4.69) is 50.5 Å². The number of nitrogens with one attached hydrogen (secondary N) is 4. The van der Waals surface area contributed by atoms with Crippen LogP contribution in [0.5, 0.6) is 0 Å². The van der Waals surface area contributed by atoms with Crippen LogP contribution in [0.3, 0.4) is 0 Å². The Hall–Kier alpha value is -8.14. The van der Waals surface area contributed by atoms with Crippen molar-refractivity contribution in [2.24, 2.45) is 0 Å². The molecule has 0 aliphatic carbocycles. The lowest BCUT2D eigenvalue weighted by atomic mass is 9.95. The topological polar surface area (TPSA) is 193 Å². The largest absolute Gasteiger partial charge is 0.458 e. The summed E-state index contributed by atoms with van der Waals surface area (Å²) in [6, 6.07) is 22.8. The van der Waals surface area contributed by atoms with Crippen LogP contribution in [0.1, 0.15) is 48.6 Å². The van der Waals surface area contributed by atoms with Gasteiger partial charge in [-0.05, 0) is 74.2 Å². The number of H-pyrrole nitrogens is 2. The van der Waals surface area contributed by atoms with Crippen molar-refractivity contribution in [1.82, 2.24) is 39.9 Å². The molecule has 62 heavy (non-hydrogen) atoms. The van der Waals surface area contributed by atoms with Crippen molar-refractivity contribution >= 4 is 55.9 Å². The zero-order chi connectivity index (χ0) is 43.1. The van der Waals surface area contributed by atoms with Gasteiger partial charge in [0.05, 0.1) is 35.9 Å². The third-order valence-electron chi connectivity index (χ3n) is 10.6. The Morgan fingerprint density at radius 1 is 0.548 bits per heavy atom. The van der Waals surface area contributed by atoms with Crippen LogP contribution >= 0.6 is 0 Å². The molecule has 2 unspecified atom stereocenters. The normalized spacial score (nSPS) is 12.4. The number of nitrogens with zero attached hydrogens (tertiary/aromatic N) is 6. The van der Waals surface area contributed by atoms with Crippen LogP contribution in [0, 0.1) is 25.5 Å². The Kier molecular flexibility index (Phi) is 10.2. The number of halogens is 2. The van der Waals surface area contributed by atoms with Crippen LogP contribution in [-0.2, 0) is 0 Å². The number of fused-ring (bicyclic) bond motifs is 4. The van der Waals surface area contributed by atoms with Crippen LogP contribution in [0.4, 0.5) is 20.4 Å². The first-order valence-electron chi connectivity index (χ1n) is 19.5. The van der Waals surface area contributed by atoms with Gasteiger partial charge in [-0.15, -0.1) is 0 Å². The van der Waals surface area contributed by atoms with E-state index in [-0.39, 0.29) is 21.9 Å². The number of rotatable bonds is 8. The van der Waals surface area contributed by atoms with Gasteiger partial charge in [0.15, 0.2) is 22.9 Å². The van der Waals surface area contributed by atoms with Gasteiger partial charge in [-0.1, -0.05) is 60.7 Å². The number of aromatic nitrogens is 8. The maximum Gasteiger partial charge on any atom is 0.203 e. The number of aromatic amines is 2. The minimum atomic E-state index is -0.608. The smallest absolute Gasteiger partial charge is 0.203 e. The van der Waals surface area contributed by atoms with E-state index < -0.39 is 34.6 Å². The van der Waals surface area contributed by atoms with E-state index in [0.717, 1.165) is 11.1 Å². The molecule has 308 valence electrons. The van der Waals surface area contributed by atoms with Gasteiger partial charge in [0.1, 0.15) is 68.8 Å². The molecule has 0 amide bonds. The average molecular weight is 831 g/mol. The molecule has 0 bridgehead atoms. The van der Waals surface area contributed by atoms with Crippen LogP contribution in [-0.4, -0.2) is 39.9 Å². The number of anilines is 2. The Morgan fingerprint density at radius 2 is 0.968 bits per heavy atom. The molecule has 6 aromatic heterocycles. The van der Waals surface area contributed by atoms with Crippen molar-refractivity contribution in [1.29, 1.82) is 0 Å². The average Bonchev–Trinajstić information content (AvgIpc) is 3.96. The number of hydrogen-bond donors (Lipinski definition) is 4. The molecule has 0 aliphatic rings. The quantitative estimate of drug-likeness (QED) is 0.114. The Balaban J connectivity index is 0.000000158. The zero-order valence-electron chi connectivity index (χ0n) is 33.6. The van der Waals surface area contributed by atoms with E-state index in [1.165, 1.54) is 49.6 Å². The summed E-state index contributed by atoms with van der Waals surface area (Å²) < 4.78 is 41.4. The second-order valence-corrected chi connectivity index (χ2v) is 14.6. The molecule has 0 aliphatic heterocycles. The molecule has 0 saturated heterocycles. The third kappa shape index (κ3) is 7.06. The van der Waals surface area contributed by atoms with Crippen molar-refractivity contribution in [3.8, 4) is 22.3 Å². The highest BCUT2D eigenvalue weighted by Crippen LogP contribution is 2.35. The van der Waals surface area contributed by atoms with Gasteiger partial charge in [0, 0.05) is 0 Å². The van der Waals surface area contributed by atoms with Crippen LogP contribution in [0.2, 0.25) is 0 Å². The number of imidazole rings is 2. The monoisotopic (exact) mass is 830 g/mol. The van der Waals surface area contributed by atoms with Crippen LogP contribution < -0.4 is 21.5 Å². The van der Waals surface area contributed by atoms with Crippen molar-refractivity contribution in [3.05, 3.63) is 165 Å². The summed E-state index contributed by atoms with van der Waals surface area (Å²) in [4.78, 5) is 58.1. The molecule has 10 aromatic rings. The predicted octanol–water partition coefficient (Wildman–Crippen LogP) is 9.49. The van der Waals surface area contributed by atoms with Crippen LogP contribution in [0.15, 0.2) is 129 Å². The molecule has 0 spiro atoms. The fraction of sp³-hybridized carbons (Fsp3) is 0.130. The van der Waals surface area contributed by atoms with E-state index in [0.29, 0.717) is 67.7 Å². The Bertz CT molecular complexity index is 3210. The first kappa shape index (κ1) is 39.3. The van der Waals surface area contributed by atoms with Crippen molar-refractivity contribution in [3.63, 3.8) is 0 Å². The fourth-order valence-corrected chi connectivity index (χ4v) is 7.55. The van der Waals surface area contributed by atoms with Gasteiger partial charge in [-0.25, -0.2) is 38.7 Å².